The Kier molecular flexibility index (Phi) is 11.0. The minimum atomic E-state index is -1.67. The second kappa shape index (κ2) is 11.2. The first-order chi connectivity index (χ1) is 11.1. The highest BCUT2D eigenvalue weighted by Crippen LogP contribution is 2.19. The normalized spacial score (nSPS) is 35.4. The van der Waals surface area contributed by atoms with Crippen molar-refractivity contribution in [2.75, 3.05) is 19.8 Å². The predicted octanol–water partition coefficient (Wildman–Crippen LogP) is -6.81. The molecule has 1 fully saturated rings. The van der Waals surface area contributed by atoms with E-state index >= 15 is 0 Å². The van der Waals surface area contributed by atoms with Gasteiger partial charge in [-0.1, -0.05) is 0 Å². The van der Waals surface area contributed by atoms with Crippen molar-refractivity contribution >= 4 is 0 Å². The Morgan fingerprint density at radius 3 is 1.42 bits per heavy atom. The van der Waals surface area contributed by atoms with Gasteiger partial charge in [0.15, 0.2) is 6.29 Å². The quantitative estimate of drug-likeness (QED) is 0.212. The molecule has 0 aromatic rings. The van der Waals surface area contributed by atoms with Crippen LogP contribution in [-0.4, -0.2) is 131 Å². The Balaban J connectivity index is 0.000000441. The number of aliphatic hydroxyl groups is 11. The molecule has 9 atom stereocenters. The van der Waals surface area contributed by atoms with Gasteiger partial charge in [-0.25, -0.2) is 0 Å². The van der Waals surface area contributed by atoms with E-state index in [1.54, 1.807) is 0 Å². The summed E-state index contributed by atoms with van der Waals surface area (Å²) >= 11 is 0. The summed E-state index contributed by atoms with van der Waals surface area (Å²) in [6.45, 7) is -1.98. The summed E-state index contributed by atoms with van der Waals surface area (Å²) < 4.78 is 4.58. The van der Waals surface area contributed by atoms with E-state index in [2.05, 4.69) is 4.74 Å². The maximum atomic E-state index is 9.12. The maximum Gasteiger partial charge on any atom is 0.184 e. The number of hydrogen-bond acceptors (Lipinski definition) is 12. The Bertz CT molecular complexity index is 308. The number of rotatable bonds is 6. The molecule has 1 aliphatic heterocycles. The van der Waals surface area contributed by atoms with Gasteiger partial charge in [0.2, 0.25) is 0 Å². The summed E-state index contributed by atoms with van der Waals surface area (Å²) in [6, 6.07) is 0. The van der Waals surface area contributed by atoms with Gasteiger partial charge >= 0.3 is 0 Å². The topological polar surface area (TPSA) is 232 Å². The summed E-state index contributed by atoms with van der Waals surface area (Å²) in [5.41, 5.74) is 0. The van der Waals surface area contributed by atoms with Crippen LogP contribution in [0.4, 0.5) is 0 Å². The van der Waals surface area contributed by atoms with Crippen molar-refractivity contribution in [3.63, 3.8) is 0 Å². The van der Waals surface area contributed by atoms with Crippen molar-refractivity contribution < 1.29 is 60.9 Å². The maximum absolute atomic E-state index is 9.12. The molecular formula is C12H26O12. The molecule has 1 heterocycles. The Morgan fingerprint density at radius 1 is 0.667 bits per heavy atom. The van der Waals surface area contributed by atoms with E-state index < -0.39 is 74.9 Å². The molecule has 24 heavy (non-hydrogen) atoms. The van der Waals surface area contributed by atoms with Crippen molar-refractivity contribution in [2.24, 2.45) is 0 Å². The smallest absolute Gasteiger partial charge is 0.184 e. The monoisotopic (exact) mass is 362 g/mol. The minimum absolute atomic E-state index is 0.526. The minimum Gasteiger partial charge on any atom is -0.394 e. The standard InChI is InChI=1S/C6H12O6.C6H14O6/c7-1-2-3(8)4(9)5(10)6(11)12-2;7-1-3(9)5(11)6(12)4(10)2-8/h2-11H,1H2;3-12H,1-2H2/t2-,3+,4+,5-,6?;/m1./s1. The van der Waals surface area contributed by atoms with Gasteiger partial charge in [0.1, 0.15) is 48.8 Å². The molecule has 12 nitrogen and oxygen atoms in total. The van der Waals surface area contributed by atoms with Gasteiger partial charge in [0.05, 0.1) is 19.8 Å². The summed E-state index contributed by atoms with van der Waals surface area (Å²) in [7, 11) is 0. The van der Waals surface area contributed by atoms with Crippen molar-refractivity contribution in [3.8, 4) is 0 Å². The zero-order valence-electron chi connectivity index (χ0n) is 12.6. The first kappa shape index (κ1) is 23.5. The summed E-state index contributed by atoms with van der Waals surface area (Å²) in [5, 5.41) is 96.8. The van der Waals surface area contributed by atoms with Crippen LogP contribution in [0.2, 0.25) is 0 Å². The van der Waals surface area contributed by atoms with Gasteiger partial charge in [0.25, 0.3) is 0 Å². The number of hydrogen-bond donors (Lipinski definition) is 11. The van der Waals surface area contributed by atoms with E-state index in [4.69, 9.17) is 56.2 Å². The van der Waals surface area contributed by atoms with Gasteiger partial charge in [-0.15, -0.1) is 0 Å². The first-order valence-electron chi connectivity index (χ1n) is 7.04. The van der Waals surface area contributed by atoms with Gasteiger partial charge in [-0.2, -0.15) is 0 Å². The Hall–Kier alpha value is -0.480. The van der Waals surface area contributed by atoms with Crippen LogP contribution in [0.25, 0.3) is 0 Å². The Labute approximate surface area is 137 Å². The molecular weight excluding hydrogens is 336 g/mol. The van der Waals surface area contributed by atoms with Crippen LogP contribution in [0, 0.1) is 0 Å². The molecule has 0 aromatic carbocycles. The average molecular weight is 362 g/mol. The Morgan fingerprint density at radius 2 is 1.08 bits per heavy atom. The lowest BCUT2D eigenvalue weighted by Gasteiger charge is -2.37. The second-order valence-electron chi connectivity index (χ2n) is 5.20. The highest BCUT2D eigenvalue weighted by Gasteiger charge is 2.42. The molecule has 0 radical (unpaired) electrons. The molecule has 0 aliphatic carbocycles. The average Bonchev–Trinajstić information content (AvgIpc) is 2.60. The zero-order chi connectivity index (χ0) is 19.0. The van der Waals surface area contributed by atoms with Crippen LogP contribution in [0.3, 0.4) is 0 Å². The van der Waals surface area contributed by atoms with Gasteiger partial charge in [0, 0.05) is 0 Å². The van der Waals surface area contributed by atoms with Crippen LogP contribution >= 0.6 is 0 Å². The summed E-state index contributed by atoms with van der Waals surface area (Å²) in [6.07, 6.45) is -13.4. The molecule has 0 saturated carbocycles. The van der Waals surface area contributed by atoms with Crippen LogP contribution in [-0.2, 0) is 4.74 Å². The molecule has 12 heteroatoms. The molecule has 0 aromatic heterocycles. The third kappa shape index (κ3) is 6.44. The molecule has 0 spiro atoms. The van der Waals surface area contributed by atoms with E-state index in [1.165, 1.54) is 0 Å². The molecule has 0 amide bonds. The fraction of sp³-hybridized carbons (Fsp3) is 1.00. The number of ether oxygens (including phenoxy) is 1. The molecule has 0 bridgehead atoms. The van der Waals surface area contributed by atoms with Crippen molar-refractivity contribution in [1.82, 2.24) is 0 Å². The van der Waals surface area contributed by atoms with Crippen LogP contribution in [0.1, 0.15) is 0 Å². The van der Waals surface area contributed by atoms with E-state index in [1.807, 2.05) is 0 Å². The highest BCUT2D eigenvalue weighted by atomic mass is 16.6. The zero-order valence-corrected chi connectivity index (χ0v) is 12.6. The van der Waals surface area contributed by atoms with E-state index in [9.17, 15) is 0 Å². The predicted molar refractivity (Wildman–Crippen MR) is 74.2 cm³/mol. The largest absolute Gasteiger partial charge is 0.394 e. The molecule has 1 saturated heterocycles. The number of aliphatic hydroxyl groups excluding tert-OH is 11. The van der Waals surface area contributed by atoms with Crippen molar-refractivity contribution in [3.05, 3.63) is 0 Å². The van der Waals surface area contributed by atoms with Gasteiger partial charge in [-0.05, 0) is 0 Å². The third-order valence-electron chi connectivity index (χ3n) is 3.38. The van der Waals surface area contributed by atoms with Crippen molar-refractivity contribution in [1.29, 1.82) is 0 Å². The molecule has 11 N–H and O–H groups in total. The van der Waals surface area contributed by atoms with Crippen LogP contribution in [0.15, 0.2) is 0 Å². The van der Waals surface area contributed by atoms with E-state index in [-0.39, 0.29) is 0 Å². The summed E-state index contributed by atoms with van der Waals surface area (Å²) in [5.74, 6) is 0. The molecule has 1 aliphatic rings. The molecule has 1 rings (SSSR count). The van der Waals surface area contributed by atoms with E-state index in [0.717, 1.165) is 0 Å². The fourth-order valence-electron chi connectivity index (χ4n) is 1.75. The fourth-order valence-corrected chi connectivity index (χ4v) is 1.75. The van der Waals surface area contributed by atoms with Gasteiger partial charge in [-0.3, -0.25) is 0 Å². The summed E-state index contributed by atoms with van der Waals surface area (Å²) in [4.78, 5) is 0. The lowest BCUT2D eigenvalue weighted by atomic mass is 10.00. The second-order valence-corrected chi connectivity index (χ2v) is 5.20. The molecule has 5 unspecified atom stereocenters. The first-order valence-corrected chi connectivity index (χ1v) is 7.04. The lowest BCUT2D eigenvalue weighted by Crippen LogP contribution is -2.58. The van der Waals surface area contributed by atoms with Crippen LogP contribution < -0.4 is 0 Å². The lowest BCUT2D eigenvalue weighted by molar-refractivity contribution is -0.286. The highest BCUT2D eigenvalue weighted by molar-refractivity contribution is 4.88. The third-order valence-corrected chi connectivity index (χ3v) is 3.38. The van der Waals surface area contributed by atoms with Crippen LogP contribution in [0.5, 0.6) is 0 Å². The SMILES string of the molecule is OCC(O)C(O)C(O)C(O)CO.OC[C@H]1OC(O)[C@H](O)[C@@H](O)[C@H]1O. The van der Waals surface area contributed by atoms with E-state index in [0.29, 0.717) is 0 Å². The molecule has 146 valence electrons. The van der Waals surface area contributed by atoms with Gasteiger partial charge < -0.3 is 60.9 Å². The van der Waals surface area contributed by atoms with Crippen molar-refractivity contribution in [2.45, 2.75) is 55.1 Å².